The molecule has 1 aromatic rings. The molecule has 1 rings (SSSR count). The molecule has 74 valence electrons. The van der Waals surface area contributed by atoms with Crippen LogP contribution in [0.15, 0.2) is 18.2 Å². The fraction of sp³-hybridized carbons (Fsp3) is 0.333. The highest BCUT2D eigenvalue weighted by molar-refractivity contribution is 6.32. The van der Waals surface area contributed by atoms with Gasteiger partial charge in [-0.05, 0) is 32.0 Å². The first-order chi connectivity index (χ1) is 5.59. The molecule has 0 saturated heterocycles. The molecule has 2 nitrogen and oxygen atoms in total. The van der Waals surface area contributed by atoms with Crippen LogP contribution in [0.2, 0.25) is 5.02 Å². The van der Waals surface area contributed by atoms with Crippen LogP contribution < -0.4 is 10.5 Å². The Kier molecular flexibility index (Phi) is 4.96. The van der Waals surface area contributed by atoms with Crippen LogP contribution in [0.4, 0.5) is 5.69 Å². The summed E-state index contributed by atoms with van der Waals surface area (Å²) in [6.45, 7) is 3.90. The second-order valence-electron chi connectivity index (χ2n) is 2.86. The van der Waals surface area contributed by atoms with E-state index in [1.165, 1.54) is 0 Å². The van der Waals surface area contributed by atoms with Crippen molar-refractivity contribution < 1.29 is 4.74 Å². The molecule has 0 bridgehead atoms. The molecule has 0 spiro atoms. The van der Waals surface area contributed by atoms with Crippen molar-refractivity contribution in [3.05, 3.63) is 23.2 Å². The van der Waals surface area contributed by atoms with Crippen LogP contribution in [0.5, 0.6) is 5.75 Å². The summed E-state index contributed by atoms with van der Waals surface area (Å²) >= 11 is 5.87. The molecular weight excluding hydrogens is 209 g/mol. The number of benzene rings is 1. The molecule has 0 aromatic heterocycles. The highest BCUT2D eigenvalue weighted by Gasteiger charge is 2.02. The Balaban J connectivity index is 0.00000144. The van der Waals surface area contributed by atoms with Gasteiger partial charge < -0.3 is 10.5 Å². The van der Waals surface area contributed by atoms with Gasteiger partial charge in [0, 0.05) is 5.69 Å². The van der Waals surface area contributed by atoms with Crippen LogP contribution >= 0.6 is 24.0 Å². The molecule has 13 heavy (non-hydrogen) atoms. The highest BCUT2D eigenvalue weighted by atomic mass is 35.5. The molecule has 1 aromatic carbocycles. The first-order valence-electron chi connectivity index (χ1n) is 3.81. The molecule has 0 fully saturated rings. The summed E-state index contributed by atoms with van der Waals surface area (Å²) in [5.74, 6) is 0.681. The van der Waals surface area contributed by atoms with Crippen LogP contribution in [0.3, 0.4) is 0 Å². The average Bonchev–Trinajstić information content (AvgIpc) is 1.94. The fourth-order valence-corrected chi connectivity index (χ4v) is 1.10. The van der Waals surface area contributed by atoms with E-state index < -0.39 is 0 Å². The number of hydrogen-bond donors (Lipinski definition) is 1. The number of hydrogen-bond acceptors (Lipinski definition) is 2. The van der Waals surface area contributed by atoms with Gasteiger partial charge in [0.05, 0.1) is 11.1 Å². The summed E-state index contributed by atoms with van der Waals surface area (Å²) in [5.41, 5.74) is 6.17. The van der Waals surface area contributed by atoms with Crippen molar-refractivity contribution in [1.82, 2.24) is 0 Å². The minimum absolute atomic E-state index is 0. The normalized spacial score (nSPS) is 9.54. The molecule has 2 N–H and O–H groups in total. The molecule has 0 aliphatic heterocycles. The fourth-order valence-electron chi connectivity index (χ4n) is 0.867. The van der Waals surface area contributed by atoms with Crippen molar-refractivity contribution in [1.29, 1.82) is 0 Å². The minimum atomic E-state index is 0. The van der Waals surface area contributed by atoms with E-state index in [0.717, 1.165) is 0 Å². The zero-order valence-corrected chi connectivity index (χ0v) is 9.15. The topological polar surface area (TPSA) is 35.2 Å². The van der Waals surface area contributed by atoms with Gasteiger partial charge in [0.1, 0.15) is 5.75 Å². The standard InChI is InChI=1S/C9H12ClNO.ClH/c1-6(2)12-9-4-3-7(11)5-8(9)10;/h3-6H,11H2,1-2H3;1H. The largest absolute Gasteiger partial charge is 0.489 e. The maximum absolute atomic E-state index is 5.87. The van der Waals surface area contributed by atoms with Crippen LogP contribution in [0, 0.1) is 0 Å². The smallest absolute Gasteiger partial charge is 0.138 e. The van der Waals surface area contributed by atoms with Crippen molar-refractivity contribution in [2.24, 2.45) is 0 Å². The van der Waals surface area contributed by atoms with Crippen LogP contribution in [0.25, 0.3) is 0 Å². The van der Waals surface area contributed by atoms with Gasteiger partial charge in [-0.15, -0.1) is 12.4 Å². The van der Waals surface area contributed by atoms with E-state index in [0.29, 0.717) is 16.5 Å². The lowest BCUT2D eigenvalue weighted by atomic mass is 10.3. The molecular formula is C9H13Cl2NO. The third-order valence-electron chi connectivity index (χ3n) is 1.32. The van der Waals surface area contributed by atoms with Gasteiger partial charge in [-0.1, -0.05) is 11.6 Å². The molecule has 0 aliphatic carbocycles. The van der Waals surface area contributed by atoms with Gasteiger partial charge >= 0.3 is 0 Å². The Hall–Kier alpha value is -0.600. The van der Waals surface area contributed by atoms with E-state index in [1.54, 1.807) is 18.2 Å². The van der Waals surface area contributed by atoms with Crippen molar-refractivity contribution in [3.8, 4) is 5.75 Å². The lowest BCUT2D eigenvalue weighted by Crippen LogP contribution is -2.05. The van der Waals surface area contributed by atoms with E-state index in [9.17, 15) is 0 Å². The third kappa shape index (κ3) is 3.75. The number of halogens is 2. The van der Waals surface area contributed by atoms with Gasteiger partial charge in [0.2, 0.25) is 0 Å². The summed E-state index contributed by atoms with van der Waals surface area (Å²) in [6.07, 6.45) is 0.131. The minimum Gasteiger partial charge on any atom is -0.489 e. The Labute approximate surface area is 89.4 Å². The number of rotatable bonds is 2. The predicted molar refractivity (Wildman–Crippen MR) is 58.9 cm³/mol. The van der Waals surface area contributed by atoms with E-state index in [-0.39, 0.29) is 18.5 Å². The quantitative estimate of drug-likeness (QED) is 0.780. The van der Waals surface area contributed by atoms with Gasteiger partial charge in [0.15, 0.2) is 0 Å². The lowest BCUT2D eigenvalue weighted by Gasteiger charge is -2.11. The number of anilines is 1. The average molecular weight is 222 g/mol. The van der Waals surface area contributed by atoms with Gasteiger partial charge in [-0.3, -0.25) is 0 Å². The summed E-state index contributed by atoms with van der Waals surface area (Å²) in [5, 5.41) is 0.559. The van der Waals surface area contributed by atoms with E-state index >= 15 is 0 Å². The zero-order chi connectivity index (χ0) is 9.14. The zero-order valence-electron chi connectivity index (χ0n) is 7.58. The first-order valence-corrected chi connectivity index (χ1v) is 4.19. The van der Waals surface area contributed by atoms with Crippen LogP contribution in [-0.2, 0) is 0 Å². The molecule has 0 aliphatic rings. The van der Waals surface area contributed by atoms with Crippen LogP contribution in [0.1, 0.15) is 13.8 Å². The molecule has 0 radical (unpaired) electrons. The molecule has 0 amide bonds. The Morgan fingerprint density at radius 2 is 2.00 bits per heavy atom. The van der Waals surface area contributed by atoms with Crippen molar-refractivity contribution in [2.45, 2.75) is 20.0 Å². The predicted octanol–water partition coefficient (Wildman–Crippen LogP) is 3.13. The van der Waals surface area contributed by atoms with Gasteiger partial charge in [0.25, 0.3) is 0 Å². The third-order valence-corrected chi connectivity index (χ3v) is 1.61. The Bertz CT molecular complexity index is 276. The lowest BCUT2D eigenvalue weighted by molar-refractivity contribution is 0.242. The monoisotopic (exact) mass is 221 g/mol. The number of nitrogens with two attached hydrogens (primary N) is 1. The molecule has 0 heterocycles. The second-order valence-corrected chi connectivity index (χ2v) is 3.26. The molecule has 0 atom stereocenters. The molecule has 0 saturated carbocycles. The molecule has 4 heteroatoms. The van der Waals surface area contributed by atoms with E-state index in [4.69, 9.17) is 22.1 Å². The Morgan fingerprint density at radius 1 is 1.38 bits per heavy atom. The number of ether oxygens (including phenoxy) is 1. The maximum Gasteiger partial charge on any atom is 0.138 e. The van der Waals surface area contributed by atoms with Gasteiger partial charge in [-0.25, -0.2) is 0 Å². The second kappa shape index (κ2) is 5.20. The summed E-state index contributed by atoms with van der Waals surface area (Å²) < 4.78 is 5.41. The summed E-state index contributed by atoms with van der Waals surface area (Å²) in [7, 11) is 0. The van der Waals surface area contributed by atoms with Crippen molar-refractivity contribution >= 4 is 29.7 Å². The van der Waals surface area contributed by atoms with E-state index in [1.807, 2.05) is 13.8 Å². The highest BCUT2D eigenvalue weighted by Crippen LogP contribution is 2.26. The van der Waals surface area contributed by atoms with Crippen molar-refractivity contribution in [3.63, 3.8) is 0 Å². The van der Waals surface area contributed by atoms with E-state index in [2.05, 4.69) is 0 Å². The summed E-state index contributed by atoms with van der Waals surface area (Å²) in [6, 6.07) is 5.22. The maximum atomic E-state index is 5.87. The molecule has 0 unspecified atom stereocenters. The van der Waals surface area contributed by atoms with Gasteiger partial charge in [-0.2, -0.15) is 0 Å². The first kappa shape index (κ1) is 12.4. The van der Waals surface area contributed by atoms with Crippen molar-refractivity contribution in [2.75, 3.05) is 5.73 Å². The summed E-state index contributed by atoms with van der Waals surface area (Å²) in [4.78, 5) is 0. The SMILES string of the molecule is CC(C)Oc1ccc(N)cc1Cl.Cl. The van der Waals surface area contributed by atoms with Crippen LogP contribution in [-0.4, -0.2) is 6.10 Å². The Morgan fingerprint density at radius 3 is 2.46 bits per heavy atom. The number of nitrogen functional groups attached to an aromatic ring is 1.